The number of nitrogens with zero attached hydrogens (tertiary/aromatic N) is 3. The largest absolute Gasteiger partial charge is 0.337 e. The first kappa shape index (κ1) is 16.8. The molecule has 2 fully saturated rings. The second kappa shape index (κ2) is 5.96. The zero-order valence-corrected chi connectivity index (χ0v) is 16.8. The number of carbonyl (C=O) groups excluding carboxylic acids is 1. The van der Waals surface area contributed by atoms with Crippen LogP contribution in [0.15, 0.2) is 30.3 Å². The molecule has 1 aromatic carbocycles. The Hall–Kier alpha value is -2.07. The van der Waals surface area contributed by atoms with Crippen molar-refractivity contribution in [3.05, 3.63) is 41.6 Å². The third kappa shape index (κ3) is 2.07. The Kier molecular flexibility index (Phi) is 3.59. The predicted molar refractivity (Wildman–Crippen MR) is 112 cm³/mol. The second-order valence-corrected chi connectivity index (χ2v) is 9.12. The highest BCUT2D eigenvalue weighted by atomic mass is 16.2. The molecule has 4 nitrogen and oxygen atoms in total. The first-order chi connectivity index (χ1) is 13.7. The molecule has 0 aliphatic carbocycles. The second-order valence-electron chi connectivity index (χ2n) is 9.12. The van der Waals surface area contributed by atoms with E-state index in [1.807, 2.05) is 0 Å². The van der Waals surface area contributed by atoms with Gasteiger partial charge in [0, 0.05) is 36.1 Å². The van der Waals surface area contributed by atoms with Crippen LogP contribution in [0.4, 0.5) is 0 Å². The molecule has 6 rings (SSSR count). The lowest BCUT2D eigenvalue weighted by molar-refractivity contribution is -0.124. The fourth-order valence-corrected chi connectivity index (χ4v) is 6.52. The predicted octanol–water partition coefficient (Wildman–Crippen LogP) is 4.21. The summed E-state index contributed by atoms with van der Waals surface area (Å²) in [4.78, 5) is 18.5. The third-order valence-corrected chi connectivity index (χ3v) is 7.86. The monoisotopic (exact) mass is 375 g/mol. The molecule has 1 amide bonds. The van der Waals surface area contributed by atoms with Crippen molar-refractivity contribution in [3.8, 4) is 0 Å². The topological polar surface area (TPSA) is 28.5 Å². The van der Waals surface area contributed by atoms with Gasteiger partial charge in [-0.2, -0.15) is 0 Å². The fraction of sp³-hybridized carbons (Fsp3) is 0.542. The Morgan fingerprint density at radius 1 is 1.11 bits per heavy atom. The summed E-state index contributed by atoms with van der Waals surface area (Å²) in [6, 6.07) is 9.18. The minimum atomic E-state index is 0.0997. The maximum Gasteiger partial charge on any atom is 0.270 e. The Balaban J connectivity index is 1.65. The third-order valence-electron chi connectivity index (χ3n) is 7.86. The number of hydrogen-bond acceptors (Lipinski definition) is 2. The normalized spacial score (nSPS) is 29.1. The van der Waals surface area contributed by atoms with Crippen LogP contribution < -0.4 is 0 Å². The number of likely N-dealkylation sites (tertiary alicyclic amines) is 1. The van der Waals surface area contributed by atoms with Crippen LogP contribution in [-0.4, -0.2) is 46.5 Å². The molecule has 0 unspecified atom stereocenters. The molecule has 1 aromatic heterocycles. The van der Waals surface area contributed by atoms with E-state index in [0.717, 1.165) is 51.0 Å². The highest BCUT2D eigenvalue weighted by Crippen LogP contribution is 2.57. The summed E-state index contributed by atoms with van der Waals surface area (Å²) in [5.41, 5.74) is 5.18. The van der Waals surface area contributed by atoms with Gasteiger partial charge in [0.1, 0.15) is 5.70 Å². The Morgan fingerprint density at radius 2 is 1.93 bits per heavy atom. The van der Waals surface area contributed by atoms with Gasteiger partial charge in [-0.1, -0.05) is 25.1 Å². The minimum absolute atomic E-state index is 0.0997. The van der Waals surface area contributed by atoms with Crippen LogP contribution >= 0.6 is 0 Å². The number of carbonyl (C=O) groups is 1. The zero-order chi connectivity index (χ0) is 18.9. The molecule has 4 aliphatic heterocycles. The number of piperidine rings is 1. The van der Waals surface area contributed by atoms with Gasteiger partial charge in [0.2, 0.25) is 0 Å². The van der Waals surface area contributed by atoms with Crippen LogP contribution in [0.25, 0.3) is 16.6 Å². The maximum absolute atomic E-state index is 13.7. The van der Waals surface area contributed by atoms with E-state index >= 15 is 0 Å². The minimum Gasteiger partial charge on any atom is -0.337 e. The van der Waals surface area contributed by atoms with E-state index in [1.165, 1.54) is 41.5 Å². The molecule has 5 heterocycles. The van der Waals surface area contributed by atoms with Crippen molar-refractivity contribution in [1.29, 1.82) is 0 Å². The van der Waals surface area contributed by atoms with Gasteiger partial charge < -0.3 is 9.47 Å². The fourth-order valence-electron chi connectivity index (χ4n) is 6.52. The molecule has 0 saturated carbocycles. The number of hydrogen-bond donors (Lipinski definition) is 0. The Morgan fingerprint density at radius 3 is 2.75 bits per heavy atom. The van der Waals surface area contributed by atoms with Crippen LogP contribution in [0.5, 0.6) is 0 Å². The standard InChI is InChI=1S/C24H29N3O/c1-2-24-11-7-14-25-15-10-18-17-8-3-4-9-19(17)27(21(18)22(24)25)20(16-24)23(28)26-12-5-6-13-26/h3-4,8-9,16,22H,2,5-7,10-15H2,1H3/t22-,24+/m1/s1. The number of fused-ring (bicyclic) bond motifs is 3. The zero-order valence-electron chi connectivity index (χ0n) is 16.8. The first-order valence-electron chi connectivity index (χ1n) is 11.1. The number of aromatic nitrogens is 1. The number of benzene rings is 1. The van der Waals surface area contributed by atoms with Crippen LogP contribution in [0.3, 0.4) is 0 Å². The molecule has 0 radical (unpaired) electrons. The molecule has 28 heavy (non-hydrogen) atoms. The lowest BCUT2D eigenvalue weighted by atomic mass is 9.66. The van der Waals surface area contributed by atoms with E-state index in [-0.39, 0.29) is 11.3 Å². The molecule has 0 spiro atoms. The van der Waals surface area contributed by atoms with E-state index in [9.17, 15) is 4.79 Å². The summed E-state index contributed by atoms with van der Waals surface area (Å²) in [5, 5.41) is 1.36. The lowest BCUT2D eigenvalue weighted by Crippen LogP contribution is -2.51. The van der Waals surface area contributed by atoms with Gasteiger partial charge >= 0.3 is 0 Å². The maximum atomic E-state index is 13.7. The number of amides is 1. The van der Waals surface area contributed by atoms with Crippen molar-refractivity contribution in [1.82, 2.24) is 14.4 Å². The Bertz CT molecular complexity index is 997. The van der Waals surface area contributed by atoms with Crippen molar-refractivity contribution in [3.63, 3.8) is 0 Å². The molecular formula is C24H29N3O. The van der Waals surface area contributed by atoms with Crippen LogP contribution in [-0.2, 0) is 11.2 Å². The molecule has 0 N–H and O–H groups in total. The van der Waals surface area contributed by atoms with Crippen molar-refractivity contribution >= 4 is 22.5 Å². The van der Waals surface area contributed by atoms with E-state index in [0.29, 0.717) is 6.04 Å². The van der Waals surface area contributed by atoms with E-state index in [2.05, 4.69) is 51.6 Å². The van der Waals surface area contributed by atoms with Gasteiger partial charge in [-0.25, -0.2) is 0 Å². The van der Waals surface area contributed by atoms with Crippen molar-refractivity contribution in [2.75, 3.05) is 26.2 Å². The van der Waals surface area contributed by atoms with Gasteiger partial charge in [0.15, 0.2) is 0 Å². The number of para-hydroxylation sites is 1. The van der Waals surface area contributed by atoms with Gasteiger partial charge in [0.25, 0.3) is 5.91 Å². The van der Waals surface area contributed by atoms with Gasteiger partial charge in [0.05, 0.1) is 11.6 Å². The average Bonchev–Trinajstić information content (AvgIpc) is 3.39. The molecule has 2 saturated heterocycles. The molecule has 2 aromatic rings. The summed E-state index contributed by atoms with van der Waals surface area (Å²) in [6.07, 6.45) is 9.32. The molecule has 4 heteroatoms. The molecule has 146 valence electrons. The SMILES string of the molecule is CC[C@@]12C=C(C(=O)N3CCCC3)n3c4c(c5ccccc53)CCN(CCC1)[C@H]42. The summed E-state index contributed by atoms with van der Waals surface area (Å²) < 4.78 is 2.36. The van der Waals surface area contributed by atoms with Gasteiger partial charge in [-0.15, -0.1) is 0 Å². The lowest BCUT2D eigenvalue weighted by Gasteiger charge is -2.53. The van der Waals surface area contributed by atoms with E-state index < -0.39 is 0 Å². The van der Waals surface area contributed by atoms with Gasteiger partial charge in [-0.05, 0) is 62.8 Å². The highest BCUT2D eigenvalue weighted by Gasteiger charge is 2.51. The molecular weight excluding hydrogens is 346 g/mol. The summed E-state index contributed by atoms with van der Waals surface area (Å²) in [5.74, 6) is 0.245. The van der Waals surface area contributed by atoms with Crippen LogP contribution in [0, 0.1) is 5.41 Å². The van der Waals surface area contributed by atoms with E-state index in [1.54, 1.807) is 0 Å². The summed E-state index contributed by atoms with van der Waals surface area (Å²) >= 11 is 0. The average molecular weight is 376 g/mol. The van der Waals surface area contributed by atoms with Crippen molar-refractivity contribution < 1.29 is 4.79 Å². The highest BCUT2D eigenvalue weighted by molar-refractivity contribution is 6.16. The summed E-state index contributed by atoms with van der Waals surface area (Å²) in [7, 11) is 0. The quantitative estimate of drug-likeness (QED) is 0.787. The van der Waals surface area contributed by atoms with Crippen LogP contribution in [0.2, 0.25) is 0 Å². The van der Waals surface area contributed by atoms with Crippen molar-refractivity contribution in [2.24, 2.45) is 5.41 Å². The Labute approximate surface area is 166 Å². The van der Waals surface area contributed by atoms with Gasteiger partial charge in [-0.3, -0.25) is 9.69 Å². The molecule has 0 bridgehead atoms. The summed E-state index contributed by atoms with van der Waals surface area (Å²) in [6.45, 7) is 6.48. The van der Waals surface area contributed by atoms with Crippen LogP contribution in [0.1, 0.15) is 56.3 Å². The number of rotatable bonds is 2. The molecule has 4 aliphatic rings. The van der Waals surface area contributed by atoms with E-state index in [4.69, 9.17) is 0 Å². The van der Waals surface area contributed by atoms with Crippen molar-refractivity contribution in [2.45, 2.75) is 51.5 Å². The first-order valence-corrected chi connectivity index (χ1v) is 11.1. The smallest absolute Gasteiger partial charge is 0.270 e. The molecule has 2 atom stereocenters.